The molecule has 0 aromatic heterocycles. The second-order valence-corrected chi connectivity index (χ2v) is 9.28. The first-order chi connectivity index (χ1) is 17.9. The van der Waals surface area contributed by atoms with E-state index in [4.69, 9.17) is 9.47 Å². The van der Waals surface area contributed by atoms with Crippen LogP contribution < -0.4 is 14.8 Å². The molecule has 2 N–H and O–H groups in total. The molecular weight excluding hydrogens is 509 g/mol. The summed E-state index contributed by atoms with van der Waals surface area (Å²) in [6.07, 6.45) is -4.11. The molecule has 0 spiro atoms. The Morgan fingerprint density at radius 3 is 2.16 bits per heavy atom. The Morgan fingerprint density at radius 1 is 0.974 bits per heavy atom. The van der Waals surface area contributed by atoms with Crippen molar-refractivity contribution in [1.29, 1.82) is 0 Å². The zero-order valence-electron chi connectivity index (χ0n) is 20.8. The van der Waals surface area contributed by atoms with Gasteiger partial charge in [0.25, 0.3) is 0 Å². The zero-order chi connectivity index (χ0) is 27.9. The van der Waals surface area contributed by atoms with Crippen LogP contribution >= 0.6 is 0 Å². The number of fused-ring (bicyclic) bond motifs is 1. The Hall–Kier alpha value is -3.82. The highest BCUT2D eigenvalue weighted by molar-refractivity contribution is 5.78. The SMILES string of the molecule is COc1cc(C(F)C2(F)c3ccc(F)cc3C(F)(CC(=O)NCc3ccccc3)C2(C)F)cc(OC)c1O. The van der Waals surface area contributed by atoms with Crippen molar-refractivity contribution in [3.05, 3.63) is 88.7 Å². The van der Waals surface area contributed by atoms with Crippen LogP contribution in [0.5, 0.6) is 17.2 Å². The van der Waals surface area contributed by atoms with E-state index in [1.165, 1.54) is 0 Å². The molecule has 3 aromatic carbocycles. The lowest BCUT2D eigenvalue weighted by Crippen LogP contribution is -2.53. The Morgan fingerprint density at radius 2 is 1.58 bits per heavy atom. The highest BCUT2D eigenvalue weighted by atomic mass is 19.2. The molecule has 5 nitrogen and oxygen atoms in total. The fraction of sp³-hybridized carbons (Fsp3) is 0.321. The highest BCUT2D eigenvalue weighted by Crippen LogP contribution is 2.66. The van der Waals surface area contributed by atoms with Crippen LogP contribution in [0.4, 0.5) is 22.0 Å². The van der Waals surface area contributed by atoms with Crippen LogP contribution in [-0.4, -0.2) is 30.9 Å². The number of ether oxygens (including phenoxy) is 2. The molecule has 1 aliphatic carbocycles. The summed E-state index contributed by atoms with van der Waals surface area (Å²) in [6.45, 7) is 0.491. The van der Waals surface area contributed by atoms with Crippen molar-refractivity contribution in [3.63, 3.8) is 0 Å². The van der Waals surface area contributed by atoms with E-state index in [9.17, 15) is 14.3 Å². The van der Waals surface area contributed by atoms with Gasteiger partial charge in [-0.1, -0.05) is 36.4 Å². The molecule has 0 bridgehead atoms. The first kappa shape index (κ1) is 27.2. The third-order valence-corrected chi connectivity index (χ3v) is 7.11. The first-order valence-electron chi connectivity index (χ1n) is 11.7. The molecular formula is C28H26F5NO4. The number of carbonyl (C=O) groups is 1. The van der Waals surface area contributed by atoms with E-state index in [0.29, 0.717) is 18.6 Å². The van der Waals surface area contributed by atoms with E-state index in [0.717, 1.165) is 38.5 Å². The van der Waals surface area contributed by atoms with Crippen molar-refractivity contribution in [1.82, 2.24) is 5.32 Å². The van der Waals surface area contributed by atoms with E-state index in [1.807, 2.05) is 0 Å². The maximum atomic E-state index is 16.9. The molecule has 4 unspecified atom stereocenters. The predicted octanol–water partition coefficient (Wildman–Crippen LogP) is 6.04. The molecule has 0 saturated heterocycles. The Labute approximate surface area is 216 Å². The van der Waals surface area contributed by atoms with E-state index in [1.54, 1.807) is 30.3 Å². The first-order valence-corrected chi connectivity index (χ1v) is 11.7. The predicted molar refractivity (Wildman–Crippen MR) is 129 cm³/mol. The Bertz CT molecular complexity index is 1330. The third-order valence-electron chi connectivity index (χ3n) is 7.11. The van der Waals surface area contributed by atoms with Gasteiger partial charge in [-0.15, -0.1) is 0 Å². The topological polar surface area (TPSA) is 67.8 Å². The molecule has 0 fully saturated rings. The fourth-order valence-electron chi connectivity index (χ4n) is 4.96. The smallest absolute Gasteiger partial charge is 0.223 e. The lowest BCUT2D eigenvalue weighted by atomic mass is 9.75. The number of methoxy groups -OCH3 is 2. The van der Waals surface area contributed by atoms with E-state index >= 15 is 17.6 Å². The number of halogens is 5. The number of aromatic hydroxyl groups is 1. The van der Waals surface area contributed by atoms with Crippen LogP contribution in [0.3, 0.4) is 0 Å². The molecule has 202 valence electrons. The summed E-state index contributed by atoms with van der Waals surface area (Å²) in [6, 6.07) is 12.6. The Balaban J connectivity index is 1.77. The molecule has 1 aliphatic rings. The van der Waals surface area contributed by atoms with Gasteiger partial charge in [0.1, 0.15) is 5.82 Å². The van der Waals surface area contributed by atoms with Gasteiger partial charge in [0.15, 0.2) is 29.0 Å². The van der Waals surface area contributed by atoms with Crippen molar-refractivity contribution >= 4 is 5.91 Å². The second-order valence-electron chi connectivity index (χ2n) is 9.28. The minimum absolute atomic E-state index is 0.0195. The van der Waals surface area contributed by atoms with Crippen LogP contribution in [0.2, 0.25) is 0 Å². The van der Waals surface area contributed by atoms with Gasteiger partial charge >= 0.3 is 0 Å². The van der Waals surface area contributed by atoms with Crippen molar-refractivity contribution in [2.75, 3.05) is 14.2 Å². The number of amides is 1. The summed E-state index contributed by atoms with van der Waals surface area (Å²) in [5, 5.41) is 12.6. The third kappa shape index (κ3) is 4.12. The summed E-state index contributed by atoms with van der Waals surface area (Å²) < 4.78 is 90.4. The molecule has 0 saturated carbocycles. The number of carbonyl (C=O) groups excluding carboxylic acids is 1. The lowest BCUT2D eigenvalue weighted by Gasteiger charge is -2.39. The van der Waals surface area contributed by atoms with Gasteiger partial charge in [-0.3, -0.25) is 4.79 Å². The minimum atomic E-state index is -3.71. The van der Waals surface area contributed by atoms with E-state index in [2.05, 4.69) is 5.32 Å². The lowest BCUT2D eigenvalue weighted by molar-refractivity contribution is -0.159. The summed E-state index contributed by atoms with van der Waals surface area (Å²) in [7, 11) is 2.31. The number of hydrogen-bond donors (Lipinski definition) is 2. The van der Waals surface area contributed by atoms with Gasteiger partial charge in [-0.2, -0.15) is 0 Å². The average molecular weight is 536 g/mol. The summed E-state index contributed by atoms with van der Waals surface area (Å²) in [5.74, 6) is -3.10. The fourth-order valence-corrected chi connectivity index (χ4v) is 4.96. The summed E-state index contributed by atoms with van der Waals surface area (Å²) >= 11 is 0. The van der Waals surface area contributed by atoms with Gasteiger partial charge in [0.2, 0.25) is 17.3 Å². The standard InChI is InChI=1S/C28H26F5NO4/c1-26(31)27(32,14-23(35)34-15-16-7-5-4-6-8-16)20-13-18(29)9-10-19(20)28(26,33)25(30)17-11-21(37-2)24(36)22(12-17)38-3/h4-13,25,36H,14-15H2,1-3H3,(H,34,35). The molecule has 10 heteroatoms. The monoisotopic (exact) mass is 535 g/mol. The van der Waals surface area contributed by atoms with Gasteiger partial charge < -0.3 is 19.9 Å². The quantitative estimate of drug-likeness (QED) is 0.346. The second kappa shape index (κ2) is 9.81. The summed E-state index contributed by atoms with van der Waals surface area (Å²) in [5.41, 5.74) is -12.3. The van der Waals surface area contributed by atoms with Gasteiger partial charge in [0.05, 0.1) is 20.6 Å². The summed E-state index contributed by atoms with van der Waals surface area (Å²) in [4.78, 5) is 12.7. The van der Waals surface area contributed by atoms with Gasteiger partial charge in [-0.05, 0) is 42.3 Å². The van der Waals surface area contributed by atoms with E-state index < -0.39 is 63.8 Å². The van der Waals surface area contributed by atoms with Crippen molar-refractivity contribution in [3.8, 4) is 17.2 Å². The zero-order valence-corrected chi connectivity index (χ0v) is 20.8. The largest absolute Gasteiger partial charge is 0.502 e. The van der Waals surface area contributed by atoms with Crippen molar-refractivity contribution in [2.45, 2.75) is 43.1 Å². The number of hydrogen-bond acceptors (Lipinski definition) is 4. The number of nitrogens with one attached hydrogen (secondary N) is 1. The molecule has 0 aliphatic heterocycles. The van der Waals surface area contributed by atoms with Crippen LogP contribution in [0.25, 0.3) is 0 Å². The van der Waals surface area contributed by atoms with E-state index in [-0.39, 0.29) is 18.0 Å². The van der Waals surface area contributed by atoms with Crippen LogP contribution in [-0.2, 0) is 22.7 Å². The molecule has 4 rings (SSSR count). The molecule has 0 heterocycles. The molecule has 4 atom stereocenters. The van der Waals surface area contributed by atoms with Crippen LogP contribution in [0, 0.1) is 5.82 Å². The molecule has 0 radical (unpaired) electrons. The molecule has 3 aromatic rings. The maximum Gasteiger partial charge on any atom is 0.223 e. The van der Waals surface area contributed by atoms with Gasteiger partial charge in [-0.25, -0.2) is 22.0 Å². The van der Waals surface area contributed by atoms with Crippen LogP contribution in [0.15, 0.2) is 60.7 Å². The normalized spacial score (nSPS) is 24.9. The number of phenols is 1. The maximum absolute atomic E-state index is 16.9. The van der Waals surface area contributed by atoms with Gasteiger partial charge in [0, 0.05) is 17.7 Å². The molecule has 1 amide bonds. The Kier molecular flexibility index (Phi) is 7.03. The number of alkyl halides is 4. The number of benzene rings is 3. The minimum Gasteiger partial charge on any atom is -0.502 e. The number of rotatable bonds is 8. The van der Waals surface area contributed by atoms with Crippen molar-refractivity contribution in [2.24, 2.45) is 0 Å². The van der Waals surface area contributed by atoms with Crippen molar-refractivity contribution < 1.29 is 41.3 Å². The molecule has 38 heavy (non-hydrogen) atoms. The highest BCUT2D eigenvalue weighted by Gasteiger charge is 2.75. The average Bonchev–Trinajstić information content (AvgIpc) is 3.03. The number of phenolic OH excluding ortho intramolecular Hbond substituents is 1. The van der Waals surface area contributed by atoms with Crippen LogP contribution in [0.1, 0.15) is 41.8 Å².